The van der Waals surface area contributed by atoms with E-state index in [9.17, 15) is 15.1 Å². The van der Waals surface area contributed by atoms with E-state index in [1.807, 2.05) is 19.9 Å². The van der Waals surface area contributed by atoms with E-state index < -0.39 is 6.10 Å². The molecule has 0 saturated heterocycles. The monoisotopic (exact) mass is 213 g/mol. The van der Waals surface area contributed by atoms with E-state index in [1.165, 1.54) is 6.92 Å². The number of nitrogens with zero attached hydrogens (tertiary/aromatic N) is 1. The van der Waals surface area contributed by atoms with Gasteiger partial charge in [0.2, 0.25) is 5.91 Å². The first-order valence-corrected chi connectivity index (χ1v) is 5.28. The Hall–Kier alpha value is -0.870. The molecule has 3 atom stereocenters. The van der Waals surface area contributed by atoms with Gasteiger partial charge in [0.25, 0.3) is 0 Å². The van der Waals surface area contributed by atoms with Crippen LogP contribution in [0.4, 0.5) is 0 Å². The first kappa shape index (κ1) is 12.2. The second-order valence-electron chi connectivity index (χ2n) is 4.45. The number of hydrogen-bond acceptors (Lipinski definition) is 3. The normalized spacial score (nSPS) is 27.1. The maximum Gasteiger partial charge on any atom is 0.243 e. The van der Waals surface area contributed by atoms with Crippen molar-refractivity contribution < 1.29 is 15.1 Å². The molecule has 2 N–H and O–H groups in total. The third-order valence-corrected chi connectivity index (χ3v) is 2.85. The van der Waals surface area contributed by atoms with E-state index in [0.717, 1.165) is 5.06 Å². The Morgan fingerprint density at radius 3 is 2.53 bits per heavy atom. The van der Waals surface area contributed by atoms with E-state index in [0.29, 0.717) is 6.42 Å². The Kier molecular flexibility index (Phi) is 3.88. The molecule has 1 aliphatic carbocycles. The van der Waals surface area contributed by atoms with E-state index in [-0.39, 0.29) is 23.8 Å². The van der Waals surface area contributed by atoms with Gasteiger partial charge in [-0.25, -0.2) is 5.06 Å². The van der Waals surface area contributed by atoms with Gasteiger partial charge in [-0.1, -0.05) is 26.0 Å². The van der Waals surface area contributed by atoms with Crippen molar-refractivity contribution in [2.24, 2.45) is 11.8 Å². The minimum Gasteiger partial charge on any atom is -0.392 e. The molecule has 0 aromatic carbocycles. The summed E-state index contributed by atoms with van der Waals surface area (Å²) in [5.41, 5.74) is 0. The largest absolute Gasteiger partial charge is 0.392 e. The Balaban J connectivity index is 2.54. The zero-order valence-corrected chi connectivity index (χ0v) is 9.42. The van der Waals surface area contributed by atoms with E-state index >= 15 is 0 Å². The van der Waals surface area contributed by atoms with Crippen LogP contribution >= 0.6 is 0 Å². The van der Waals surface area contributed by atoms with Gasteiger partial charge in [-0.15, -0.1) is 0 Å². The lowest BCUT2D eigenvalue weighted by Crippen LogP contribution is -2.35. The lowest BCUT2D eigenvalue weighted by atomic mass is 9.92. The highest BCUT2D eigenvalue weighted by molar-refractivity contribution is 5.72. The molecule has 0 aliphatic heterocycles. The highest BCUT2D eigenvalue weighted by Crippen LogP contribution is 2.27. The summed E-state index contributed by atoms with van der Waals surface area (Å²) in [5.74, 6) is -0.156. The molecule has 0 aromatic rings. The number of rotatable bonds is 3. The summed E-state index contributed by atoms with van der Waals surface area (Å²) in [4.78, 5) is 10.9. The molecule has 4 nitrogen and oxygen atoms in total. The molecular formula is C11H19NO3. The average molecular weight is 213 g/mol. The van der Waals surface area contributed by atoms with Crippen LogP contribution in [-0.2, 0) is 4.79 Å². The van der Waals surface area contributed by atoms with Crippen molar-refractivity contribution >= 4 is 5.91 Å². The molecule has 0 saturated carbocycles. The van der Waals surface area contributed by atoms with Crippen molar-refractivity contribution in [2.75, 3.05) is 0 Å². The Morgan fingerprint density at radius 2 is 2.07 bits per heavy atom. The van der Waals surface area contributed by atoms with Crippen LogP contribution in [0.25, 0.3) is 0 Å². The van der Waals surface area contributed by atoms with E-state index in [4.69, 9.17) is 0 Å². The first-order chi connectivity index (χ1) is 6.93. The third kappa shape index (κ3) is 2.79. The maximum absolute atomic E-state index is 10.9. The van der Waals surface area contributed by atoms with Gasteiger partial charge in [0.05, 0.1) is 12.1 Å². The van der Waals surface area contributed by atoms with Crippen molar-refractivity contribution in [2.45, 2.75) is 39.3 Å². The molecule has 0 fully saturated rings. The van der Waals surface area contributed by atoms with Gasteiger partial charge in [-0.05, 0) is 12.3 Å². The van der Waals surface area contributed by atoms with Gasteiger partial charge < -0.3 is 5.11 Å². The van der Waals surface area contributed by atoms with Gasteiger partial charge in [0.1, 0.15) is 0 Å². The van der Waals surface area contributed by atoms with Gasteiger partial charge >= 0.3 is 0 Å². The van der Waals surface area contributed by atoms with Gasteiger partial charge in [-0.3, -0.25) is 10.0 Å². The zero-order chi connectivity index (χ0) is 11.6. The fourth-order valence-electron chi connectivity index (χ4n) is 1.87. The maximum atomic E-state index is 10.9. The zero-order valence-electron chi connectivity index (χ0n) is 9.42. The van der Waals surface area contributed by atoms with Crippen molar-refractivity contribution in [1.82, 2.24) is 5.06 Å². The molecular weight excluding hydrogens is 194 g/mol. The van der Waals surface area contributed by atoms with Gasteiger partial charge in [0.15, 0.2) is 0 Å². The molecule has 0 aromatic heterocycles. The molecule has 0 spiro atoms. The summed E-state index contributed by atoms with van der Waals surface area (Å²) in [7, 11) is 0. The van der Waals surface area contributed by atoms with Gasteiger partial charge in [0, 0.05) is 12.8 Å². The van der Waals surface area contributed by atoms with Crippen LogP contribution in [0.15, 0.2) is 12.2 Å². The minimum atomic E-state index is -0.411. The number of aliphatic hydroxyl groups is 1. The fraction of sp³-hybridized carbons (Fsp3) is 0.727. The minimum absolute atomic E-state index is 0.0315. The number of hydrogen-bond donors (Lipinski definition) is 2. The molecule has 0 heterocycles. The second-order valence-corrected chi connectivity index (χ2v) is 4.45. The molecule has 15 heavy (non-hydrogen) atoms. The molecule has 0 radical (unpaired) electrons. The van der Waals surface area contributed by atoms with E-state index in [2.05, 4.69) is 0 Å². The van der Waals surface area contributed by atoms with Crippen LogP contribution < -0.4 is 0 Å². The van der Waals surface area contributed by atoms with Crippen LogP contribution in [0.1, 0.15) is 27.2 Å². The summed E-state index contributed by atoms with van der Waals surface area (Å²) in [6.45, 7) is 5.22. The van der Waals surface area contributed by atoms with Crippen LogP contribution in [0, 0.1) is 11.8 Å². The van der Waals surface area contributed by atoms with Crippen molar-refractivity contribution in [1.29, 1.82) is 0 Å². The summed E-state index contributed by atoms with van der Waals surface area (Å²) in [6, 6.07) is -0.291. The topological polar surface area (TPSA) is 60.8 Å². The number of amides is 1. The number of aliphatic hydroxyl groups excluding tert-OH is 1. The number of carbonyl (C=O) groups excluding carboxylic acids is 1. The van der Waals surface area contributed by atoms with Crippen LogP contribution in [0.3, 0.4) is 0 Å². The van der Waals surface area contributed by atoms with Crippen molar-refractivity contribution in [3.05, 3.63) is 12.2 Å². The van der Waals surface area contributed by atoms with Gasteiger partial charge in [-0.2, -0.15) is 0 Å². The molecule has 4 heteroatoms. The number of carbonyl (C=O) groups is 1. The molecule has 0 bridgehead atoms. The fourth-order valence-corrected chi connectivity index (χ4v) is 1.87. The molecule has 86 valence electrons. The highest BCUT2D eigenvalue weighted by Gasteiger charge is 2.30. The van der Waals surface area contributed by atoms with Crippen molar-refractivity contribution in [3.63, 3.8) is 0 Å². The summed E-state index contributed by atoms with van der Waals surface area (Å²) < 4.78 is 0. The van der Waals surface area contributed by atoms with Crippen LogP contribution in [0.5, 0.6) is 0 Å². The summed E-state index contributed by atoms with van der Waals surface area (Å²) in [6.07, 6.45) is 3.83. The molecule has 1 unspecified atom stereocenters. The Morgan fingerprint density at radius 1 is 1.47 bits per heavy atom. The van der Waals surface area contributed by atoms with Crippen LogP contribution in [-0.4, -0.2) is 33.4 Å². The average Bonchev–Trinajstić information content (AvgIpc) is 2.63. The predicted octanol–water partition coefficient (Wildman–Crippen LogP) is 1.19. The lowest BCUT2D eigenvalue weighted by Gasteiger charge is -2.24. The summed E-state index contributed by atoms with van der Waals surface area (Å²) >= 11 is 0. The highest BCUT2D eigenvalue weighted by atomic mass is 16.5. The van der Waals surface area contributed by atoms with Crippen molar-refractivity contribution in [3.8, 4) is 0 Å². The SMILES string of the molecule is CC(=O)N(O)[C@H]1C=C[C@@H](C(O)C(C)C)C1. The molecule has 1 amide bonds. The Labute approximate surface area is 90.2 Å². The predicted molar refractivity (Wildman–Crippen MR) is 56.2 cm³/mol. The Bertz CT molecular complexity index is 263. The molecule has 1 aliphatic rings. The quantitative estimate of drug-likeness (QED) is 0.420. The second kappa shape index (κ2) is 4.77. The van der Waals surface area contributed by atoms with Crippen LogP contribution in [0.2, 0.25) is 0 Å². The first-order valence-electron chi connectivity index (χ1n) is 5.28. The number of hydroxylamine groups is 2. The standard InChI is InChI=1S/C11H19NO3/c1-7(2)11(14)9-4-5-10(6-9)12(15)8(3)13/h4-5,7,9-11,14-15H,6H2,1-3H3/t9-,10+,11?/m1/s1. The molecule has 1 rings (SSSR count). The van der Waals surface area contributed by atoms with E-state index in [1.54, 1.807) is 6.08 Å². The summed E-state index contributed by atoms with van der Waals surface area (Å²) in [5, 5.41) is 20.0. The third-order valence-electron chi connectivity index (χ3n) is 2.85. The smallest absolute Gasteiger partial charge is 0.243 e. The lowest BCUT2D eigenvalue weighted by molar-refractivity contribution is -0.169.